The van der Waals surface area contributed by atoms with Crippen molar-refractivity contribution < 1.29 is 14.0 Å². The molecule has 31 heavy (non-hydrogen) atoms. The summed E-state index contributed by atoms with van der Waals surface area (Å²) in [5.74, 6) is -0.892. The predicted octanol–water partition coefficient (Wildman–Crippen LogP) is 3.93. The molecule has 2 amide bonds. The van der Waals surface area contributed by atoms with Gasteiger partial charge in [-0.3, -0.25) is 9.59 Å². The Morgan fingerprint density at radius 1 is 1.16 bits per heavy atom. The normalized spacial score (nSPS) is 12.5. The van der Waals surface area contributed by atoms with E-state index in [0.717, 1.165) is 41.1 Å². The highest BCUT2D eigenvalue weighted by atomic mass is 32.2. The zero-order valence-electron chi connectivity index (χ0n) is 17.4. The molecule has 0 aliphatic heterocycles. The van der Waals surface area contributed by atoms with Gasteiger partial charge in [0, 0.05) is 23.2 Å². The summed E-state index contributed by atoms with van der Waals surface area (Å²) in [6.45, 7) is -0.0836. The highest BCUT2D eigenvalue weighted by Gasteiger charge is 2.29. The number of aromatic nitrogens is 2. The van der Waals surface area contributed by atoms with E-state index in [1.807, 2.05) is 30.5 Å². The van der Waals surface area contributed by atoms with Gasteiger partial charge in [0.15, 0.2) is 5.69 Å². The molecule has 2 aromatic carbocycles. The van der Waals surface area contributed by atoms with Crippen molar-refractivity contribution in [2.24, 2.45) is 0 Å². The number of carbonyl (C=O) groups excluding carboxylic acids is 2. The number of hydrogen-bond acceptors (Lipinski definition) is 4. The number of hydrogen-bond donors (Lipinski definition) is 1. The monoisotopic (exact) mass is 438 g/mol. The smallest absolute Gasteiger partial charge is 0.274 e. The number of nitrogens with zero attached hydrogens (tertiary/aromatic N) is 3. The molecule has 1 heterocycles. The molecule has 0 saturated carbocycles. The first kappa shape index (κ1) is 21.1. The Morgan fingerprint density at radius 2 is 1.90 bits per heavy atom. The lowest BCUT2D eigenvalue weighted by atomic mass is 10.2. The molecule has 160 valence electrons. The summed E-state index contributed by atoms with van der Waals surface area (Å²) in [5, 5.41) is 7.41. The molecular formula is C23H23FN4O2S. The summed E-state index contributed by atoms with van der Waals surface area (Å²) in [4.78, 5) is 28.0. The number of likely N-dealkylation sites (N-methyl/N-ethyl adjacent to an activating group) is 1. The average Bonchev–Trinajstić information content (AvgIpc) is 3.37. The van der Waals surface area contributed by atoms with E-state index in [1.165, 1.54) is 17.0 Å². The van der Waals surface area contributed by atoms with E-state index in [0.29, 0.717) is 11.4 Å². The molecule has 0 spiro atoms. The molecule has 6 nitrogen and oxygen atoms in total. The van der Waals surface area contributed by atoms with Gasteiger partial charge in [0.05, 0.1) is 17.9 Å². The van der Waals surface area contributed by atoms with Crippen molar-refractivity contribution in [3.8, 4) is 5.69 Å². The minimum absolute atomic E-state index is 0.0836. The van der Waals surface area contributed by atoms with Gasteiger partial charge in [0.25, 0.3) is 5.91 Å². The molecule has 0 unspecified atom stereocenters. The molecule has 1 aliphatic rings. The van der Waals surface area contributed by atoms with Gasteiger partial charge >= 0.3 is 0 Å². The molecule has 8 heteroatoms. The molecule has 0 saturated heterocycles. The minimum Gasteiger partial charge on any atom is -0.331 e. The fourth-order valence-electron chi connectivity index (χ4n) is 3.81. The van der Waals surface area contributed by atoms with Gasteiger partial charge in [0.1, 0.15) is 5.82 Å². The zero-order valence-corrected chi connectivity index (χ0v) is 18.2. The number of nitrogens with one attached hydrogen (secondary N) is 1. The fourth-order valence-corrected chi connectivity index (χ4v) is 4.36. The standard InChI is InChI=1S/C23H23FN4O2S/c1-27(14-21(29)25-18-7-3-4-9-20(18)31-2)23(30)22-17-6-5-8-19(17)28(26-22)16-12-10-15(24)11-13-16/h3-4,7,9-13H,5-6,8,14H2,1-2H3,(H,25,29). The van der Waals surface area contributed by atoms with Crippen LogP contribution in [0.5, 0.6) is 0 Å². The summed E-state index contributed by atoms with van der Waals surface area (Å²) in [6, 6.07) is 13.6. The van der Waals surface area contributed by atoms with Gasteiger partial charge in [-0.2, -0.15) is 5.10 Å². The lowest BCUT2D eigenvalue weighted by Gasteiger charge is -2.17. The van der Waals surface area contributed by atoms with E-state index in [-0.39, 0.29) is 24.2 Å². The number of amides is 2. The largest absolute Gasteiger partial charge is 0.331 e. The molecule has 1 aliphatic carbocycles. The van der Waals surface area contributed by atoms with E-state index in [2.05, 4.69) is 10.4 Å². The number of fused-ring (bicyclic) bond motifs is 1. The summed E-state index contributed by atoms with van der Waals surface area (Å²) in [6.07, 6.45) is 4.45. The van der Waals surface area contributed by atoms with Crippen LogP contribution >= 0.6 is 11.8 Å². The van der Waals surface area contributed by atoms with Crippen LogP contribution in [-0.2, 0) is 17.6 Å². The number of rotatable bonds is 6. The van der Waals surface area contributed by atoms with Crippen LogP contribution in [-0.4, -0.2) is 46.3 Å². The molecule has 1 aromatic heterocycles. The number of benzene rings is 2. The topological polar surface area (TPSA) is 67.2 Å². The third-order valence-electron chi connectivity index (χ3n) is 5.31. The maximum atomic E-state index is 13.3. The maximum Gasteiger partial charge on any atom is 0.274 e. The second-order valence-corrected chi connectivity index (χ2v) is 8.27. The Balaban J connectivity index is 1.52. The SMILES string of the molecule is CSc1ccccc1NC(=O)CN(C)C(=O)c1nn(-c2ccc(F)cc2)c2c1CCC2. The lowest BCUT2D eigenvalue weighted by Crippen LogP contribution is -2.35. The first-order valence-corrected chi connectivity index (χ1v) is 11.3. The molecule has 0 fully saturated rings. The van der Waals surface area contributed by atoms with Crippen LogP contribution in [0.15, 0.2) is 53.4 Å². The number of para-hydroxylation sites is 1. The summed E-state index contributed by atoms with van der Waals surface area (Å²) >= 11 is 1.54. The Morgan fingerprint density at radius 3 is 2.65 bits per heavy atom. The molecular weight excluding hydrogens is 415 g/mol. The summed E-state index contributed by atoms with van der Waals surface area (Å²) < 4.78 is 15.0. The van der Waals surface area contributed by atoms with E-state index >= 15 is 0 Å². The fraction of sp³-hybridized carbons (Fsp3) is 0.261. The zero-order chi connectivity index (χ0) is 22.0. The Hall–Kier alpha value is -3.13. The first-order valence-electron chi connectivity index (χ1n) is 10.0. The number of carbonyl (C=O) groups is 2. The maximum absolute atomic E-state index is 13.3. The van der Waals surface area contributed by atoms with Crippen molar-refractivity contribution in [1.29, 1.82) is 0 Å². The van der Waals surface area contributed by atoms with Gasteiger partial charge < -0.3 is 10.2 Å². The van der Waals surface area contributed by atoms with Gasteiger partial charge in [-0.1, -0.05) is 12.1 Å². The predicted molar refractivity (Wildman–Crippen MR) is 119 cm³/mol. The van der Waals surface area contributed by atoms with Gasteiger partial charge in [-0.05, 0) is 61.9 Å². The van der Waals surface area contributed by atoms with Crippen molar-refractivity contribution >= 4 is 29.3 Å². The van der Waals surface area contributed by atoms with Crippen LogP contribution in [0.1, 0.15) is 28.2 Å². The van der Waals surface area contributed by atoms with Crippen molar-refractivity contribution in [3.05, 3.63) is 71.3 Å². The first-order chi connectivity index (χ1) is 15.0. The molecule has 0 bridgehead atoms. The van der Waals surface area contributed by atoms with Crippen LogP contribution in [0, 0.1) is 5.82 Å². The molecule has 1 N–H and O–H groups in total. The third kappa shape index (κ3) is 4.34. The molecule has 0 atom stereocenters. The second-order valence-electron chi connectivity index (χ2n) is 7.43. The third-order valence-corrected chi connectivity index (χ3v) is 6.11. The molecule has 0 radical (unpaired) electrons. The van der Waals surface area contributed by atoms with Crippen LogP contribution < -0.4 is 5.32 Å². The van der Waals surface area contributed by atoms with Crippen LogP contribution in [0.3, 0.4) is 0 Å². The van der Waals surface area contributed by atoms with E-state index in [9.17, 15) is 14.0 Å². The second kappa shape index (κ2) is 8.93. The van der Waals surface area contributed by atoms with Crippen LogP contribution in [0.2, 0.25) is 0 Å². The summed E-state index contributed by atoms with van der Waals surface area (Å²) in [7, 11) is 1.60. The highest BCUT2D eigenvalue weighted by Crippen LogP contribution is 2.29. The number of halogens is 1. The van der Waals surface area contributed by atoms with Crippen LogP contribution in [0.25, 0.3) is 5.69 Å². The minimum atomic E-state index is -0.322. The number of anilines is 1. The van der Waals surface area contributed by atoms with Crippen molar-refractivity contribution in [3.63, 3.8) is 0 Å². The molecule has 3 aromatic rings. The van der Waals surface area contributed by atoms with Gasteiger partial charge in [0.2, 0.25) is 5.91 Å². The van der Waals surface area contributed by atoms with E-state index < -0.39 is 0 Å². The van der Waals surface area contributed by atoms with Crippen molar-refractivity contribution in [1.82, 2.24) is 14.7 Å². The van der Waals surface area contributed by atoms with Crippen LogP contribution in [0.4, 0.5) is 10.1 Å². The van der Waals surface area contributed by atoms with E-state index in [1.54, 1.807) is 35.6 Å². The Labute approximate surface area is 184 Å². The van der Waals surface area contributed by atoms with Crippen molar-refractivity contribution in [2.75, 3.05) is 25.2 Å². The van der Waals surface area contributed by atoms with E-state index in [4.69, 9.17) is 0 Å². The van der Waals surface area contributed by atoms with Crippen molar-refractivity contribution in [2.45, 2.75) is 24.2 Å². The highest BCUT2D eigenvalue weighted by molar-refractivity contribution is 7.98. The van der Waals surface area contributed by atoms with Gasteiger partial charge in [-0.15, -0.1) is 11.8 Å². The molecule has 4 rings (SSSR count). The Kier molecular flexibility index (Phi) is 6.08. The number of thioether (sulfide) groups is 1. The average molecular weight is 439 g/mol. The van der Waals surface area contributed by atoms with Gasteiger partial charge in [-0.25, -0.2) is 9.07 Å². The quantitative estimate of drug-likeness (QED) is 0.592. The summed E-state index contributed by atoms with van der Waals surface area (Å²) in [5.41, 5.74) is 3.68. The lowest BCUT2D eigenvalue weighted by molar-refractivity contribution is -0.116. The Bertz CT molecular complexity index is 1130.